The number of benzene rings is 2. The lowest BCUT2D eigenvalue weighted by atomic mass is 9.95. The zero-order valence-electron chi connectivity index (χ0n) is 21.6. The van der Waals surface area contributed by atoms with Crippen molar-refractivity contribution in [2.24, 2.45) is 0 Å². The number of hydrogen-bond acceptors (Lipinski definition) is 3. The van der Waals surface area contributed by atoms with Crippen LogP contribution in [0.25, 0.3) is 16.6 Å². The maximum atomic E-state index is 13.4. The average molecular weight is 521 g/mol. The molecule has 1 N–H and O–H groups in total. The fourth-order valence-electron chi connectivity index (χ4n) is 5.54. The molecule has 0 amide bonds. The van der Waals surface area contributed by atoms with Crippen molar-refractivity contribution in [2.45, 2.75) is 63.8 Å². The van der Waals surface area contributed by atoms with Gasteiger partial charge in [-0.2, -0.15) is 13.2 Å². The van der Waals surface area contributed by atoms with Crippen molar-refractivity contribution in [1.82, 2.24) is 19.8 Å². The minimum absolute atomic E-state index is 0.512. The molecule has 1 fully saturated rings. The summed E-state index contributed by atoms with van der Waals surface area (Å²) in [7, 11) is 0. The smallest absolute Gasteiger partial charge is 0.316 e. The van der Waals surface area contributed by atoms with Gasteiger partial charge in [-0.15, -0.1) is 0 Å². The topological polar surface area (TPSA) is 33.1 Å². The number of halogens is 3. The molecule has 2 aromatic carbocycles. The van der Waals surface area contributed by atoms with Gasteiger partial charge in [-0.1, -0.05) is 49.6 Å². The van der Waals surface area contributed by atoms with Gasteiger partial charge in [0.1, 0.15) is 0 Å². The van der Waals surface area contributed by atoms with E-state index in [1.807, 2.05) is 41.2 Å². The van der Waals surface area contributed by atoms with E-state index in [1.165, 1.54) is 44.2 Å². The molecule has 0 aliphatic heterocycles. The summed E-state index contributed by atoms with van der Waals surface area (Å²) in [5.41, 5.74) is 3.02. The predicted molar refractivity (Wildman–Crippen MR) is 146 cm³/mol. The standard InChI is InChI=1S/C31H35F3N4/c32-31(33,34)26-10-6-13-28(19-26)38-23-25(29-14-4-5-15-30(29)38)22-37(21-24-9-7-16-35-20-24)18-8-17-36-27-11-2-1-3-12-27/h4-7,9-10,13-16,19-20,23,27,36H,1-3,8,11-12,17-18,21-22H2. The van der Waals surface area contributed by atoms with Crippen LogP contribution >= 0.6 is 0 Å². The lowest BCUT2D eigenvalue weighted by Crippen LogP contribution is -2.33. The molecule has 1 aliphatic rings. The Bertz CT molecular complexity index is 1310. The maximum Gasteiger partial charge on any atom is 0.416 e. The maximum absolute atomic E-state index is 13.4. The number of nitrogens with zero attached hydrogens (tertiary/aromatic N) is 3. The van der Waals surface area contributed by atoms with Crippen LogP contribution in [0.1, 0.15) is 55.2 Å². The molecule has 4 aromatic rings. The second kappa shape index (κ2) is 12.1. The number of hydrogen-bond donors (Lipinski definition) is 1. The third kappa shape index (κ3) is 6.63. The average Bonchev–Trinajstić information content (AvgIpc) is 3.30. The van der Waals surface area contributed by atoms with Crippen molar-refractivity contribution in [2.75, 3.05) is 13.1 Å². The largest absolute Gasteiger partial charge is 0.416 e. The van der Waals surface area contributed by atoms with Crippen LogP contribution in [0, 0.1) is 0 Å². The highest BCUT2D eigenvalue weighted by atomic mass is 19.4. The van der Waals surface area contributed by atoms with Crippen molar-refractivity contribution in [3.63, 3.8) is 0 Å². The molecule has 0 atom stereocenters. The Balaban J connectivity index is 1.37. The third-order valence-electron chi connectivity index (χ3n) is 7.46. The molecule has 38 heavy (non-hydrogen) atoms. The Morgan fingerprint density at radius 3 is 2.58 bits per heavy atom. The van der Waals surface area contributed by atoms with E-state index in [0.29, 0.717) is 18.3 Å². The molecule has 0 spiro atoms. The molecule has 1 saturated carbocycles. The number of para-hydroxylation sites is 1. The highest BCUT2D eigenvalue weighted by Crippen LogP contribution is 2.32. The highest BCUT2D eigenvalue weighted by molar-refractivity contribution is 5.85. The fraction of sp³-hybridized carbons (Fsp3) is 0.387. The number of rotatable bonds is 10. The first-order chi connectivity index (χ1) is 18.5. The fourth-order valence-corrected chi connectivity index (χ4v) is 5.54. The lowest BCUT2D eigenvalue weighted by Gasteiger charge is -2.25. The van der Waals surface area contributed by atoms with E-state index in [9.17, 15) is 13.2 Å². The van der Waals surface area contributed by atoms with Crippen LogP contribution in [0.15, 0.2) is 79.3 Å². The quantitative estimate of drug-likeness (QED) is 0.222. The van der Waals surface area contributed by atoms with Gasteiger partial charge >= 0.3 is 6.18 Å². The number of nitrogens with one attached hydrogen (secondary N) is 1. The Hall–Kier alpha value is -3.16. The number of alkyl halides is 3. The molecule has 2 heterocycles. The van der Waals surface area contributed by atoms with E-state index >= 15 is 0 Å². The van der Waals surface area contributed by atoms with Gasteiger partial charge in [-0.3, -0.25) is 9.88 Å². The van der Waals surface area contributed by atoms with Crippen LogP contribution in [-0.4, -0.2) is 33.6 Å². The van der Waals surface area contributed by atoms with Crippen LogP contribution in [0.4, 0.5) is 13.2 Å². The summed E-state index contributed by atoms with van der Waals surface area (Å²) >= 11 is 0. The first-order valence-electron chi connectivity index (χ1n) is 13.6. The Labute approximate surface area is 222 Å². The van der Waals surface area contributed by atoms with Crippen molar-refractivity contribution in [3.05, 3.63) is 95.9 Å². The summed E-state index contributed by atoms with van der Waals surface area (Å²) < 4.78 is 42.1. The second-order valence-electron chi connectivity index (χ2n) is 10.3. The Morgan fingerprint density at radius 2 is 1.79 bits per heavy atom. The summed E-state index contributed by atoms with van der Waals surface area (Å²) in [6.07, 6.45) is 8.87. The molecular weight excluding hydrogens is 485 g/mol. The van der Waals surface area contributed by atoms with E-state index in [2.05, 4.69) is 27.3 Å². The van der Waals surface area contributed by atoms with Crippen molar-refractivity contribution in [3.8, 4) is 5.69 Å². The van der Waals surface area contributed by atoms with Gasteiger partial charge < -0.3 is 9.88 Å². The van der Waals surface area contributed by atoms with Gasteiger partial charge in [-0.25, -0.2) is 0 Å². The molecule has 0 radical (unpaired) electrons. The second-order valence-corrected chi connectivity index (χ2v) is 10.3. The minimum atomic E-state index is -4.38. The molecule has 2 aromatic heterocycles. The first-order valence-corrected chi connectivity index (χ1v) is 13.6. The molecule has 0 bridgehead atoms. The Kier molecular flexibility index (Phi) is 8.45. The summed E-state index contributed by atoms with van der Waals surface area (Å²) in [5, 5.41) is 4.80. The first kappa shape index (κ1) is 26.4. The summed E-state index contributed by atoms with van der Waals surface area (Å²) in [4.78, 5) is 6.70. The van der Waals surface area contributed by atoms with E-state index in [0.717, 1.165) is 54.2 Å². The van der Waals surface area contributed by atoms with Crippen molar-refractivity contribution >= 4 is 10.9 Å². The molecule has 1 aliphatic carbocycles. The third-order valence-corrected chi connectivity index (χ3v) is 7.46. The van der Waals surface area contributed by atoms with Gasteiger partial charge in [0, 0.05) is 55.3 Å². The van der Waals surface area contributed by atoms with Crippen LogP contribution < -0.4 is 5.32 Å². The van der Waals surface area contributed by atoms with Crippen LogP contribution in [0.3, 0.4) is 0 Å². The van der Waals surface area contributed by atoms with Crippen LogP contribution in [0.2, 0.25) is 0 Å². The van der Waals surface area contributed by atoms with E-state index < -0.39 is 11.7 Å². The van der Waals surface area contributed by atoms with E-state index in [4.69, 9.17) is 0 Å². The zero-order valence-corrected chi connectivity index (χ0v) is 21.6. The Morgan fingerprint density at radius 1 is 0.947 bits per heavy atom. The summed E-state index contributed by atoms with van der Waals surface area (Å²) in [5.74, 6) is 0. The van der Waals surface area contributed by atoms with E-state index in [-0.39, 0.29) is 0 Å². The van der Waals surface area contributed by atoms with Gasteiger partial charge in [-0.05, 0) is 67.3 Å². The molecule has 200 valence electrons. The monoisotopic (exact) mass is 520 g/mol. The predicted octanol–water partition coefficient (Wildman–Crippen LogP) is 7.36. The number of aromatic nitrogens is 2. The van der Waals surface area contributed by atoms with Gasteiger partial charge in [0.15, 0.2) is 0 Å². The summed E-state index contributed by atoms with van der Waals surface area (Å²) in [6, 6.07) is 18.2. The zero-order chi connectivity index (χ0) is 26.4. The molecule has 0 saturated heterocycles. The van der Waals surface area contributed by atoms with Crippen LogP contribution in [0.5, 0.6) is 0 Å². The lowest BCUT2D eigenvalue weighted by molar-refractivity contribution is -0.137. The molecule has 4 nitrogen and oxygen atoms in total. The normalized spacial score (nSPS) is 14.9. The van der Waals surface area contributed by atoms with Crippen molar-refractivity contribution < 1.29 is 13.2 Å². The van der Waals surface area contributed by atoms with Gasteiger partial charge in [0.25, 0.3) is 0 Å². The number of fused-ring (bicyclic) bond motifs is 1. The highest BCUT2D eigenvalue weighted by Gasteiger charge is 2.30. The van der Waals surface area contributed by atoms with Gasteiger partial charge in [0.2, 0.25) is 0 Å². The van der Waals surface area contributed by atoms with Crippen LogP contribution in [-0.2, 0) is 19.3 Å². The molecular formula is C31H35F3N4. The molecule has 5 rings (SSSR count). The molecule has 0 unspecified atom stereocenters. The SMILES string of the molecule is FC(F)(F)c1cccc(-n2cc(CN(CCCNC3CCCCC3)Cc3cccnc3)c3ccccc32)c1. The summed E-state index contributed by atoms with van der Waals surface area (Å²) in [6.45, 7) is 3.36. The van der Waals surface area contributed by atoms with Crippen molar-refractivity contribution in [1.29, 1.82) is 0 Å². The molecule has 7 heteroatoms. The van der Waals surface area contributed by atoms with E-state index in [1.54, 1.807) is 12.3 Å². The number of pyridine rings is 1. The minimum Gasteiger partial charge on any atom is -0.316 e. The van der Waals surface area contributed by atoms with Gasteiger partial charge in [0.05, 0.1) is 11.1 Å².